The van der Waals surface area contributed by atoms with Crippen LogP contribution in [0.5, 0.6) is 0 Å². The molecule has 3 rings (SSSR count). The van der Waals surface area contributed by atoms with E-state index in [4.69, 9.17) is 4.74 Å². The lowest BCUT2D eigenvalue weighted by atomic mass is 9.87. The summed E-state index contributed by atoms with van der Waals surface area (Å²) in [6.07, 6.45) is 4.64. The maximum Gasteiger partial charge on any atom is 0.348 e. The minimum atomic E-state index is -0.366. The fraction of sp³-hybridized carbons (Fsp3) is 0.650. The highest BCUT2D eigenvalue weighted by atomic mass is 32.1. The third-order valence-electron chi connectivity index (χ3n) is 5.58. The Bertz CT molecular complexity index is 722. The number of esters is 1. The van der Waals surface area contributed by atoms with Crippen LogP contribution in [0.3, 0.4) is 0 Å². The molecule has 0 aromatic carbocycles. The van der Waals surface area contributed by atoms with Crippen LogP contribution in [-0.2, 0) is 14.3 Å². The maximum atomic E-state index is 12.7. The van der Waals surface area contributed by atoms with E-state index in [1.165, 1.54) is 11.3 Å². The van der Waals surface area contributed by atoms with Crippen molar-refractivity contribution in [1.82, 2.24) is 4.90 Å². The first-order chi connectivity index (χ1) is 12.9. The normalized spacial score (nSPS) is 25.5. The molecule has 1 unspecified atom stereocenters. The van der Waals surface area contributed by atoms with E-state index in [1.807, 2.05) is 11.8 Å². The zero-order chi connectivity index (χ0) is 19.6. The summed E-state index contributed by atoms with van der Waals surface area (Å²) in [6.45, 7) is 6.66. The molecule has 2 fully saturated rings. The Morgan fingerprint density at radius 2 is 2.00 bits per heavy atom. The minimum absolute atomic E-state index is 0.0873. The van der Waals surface area contributed by atoms with Crippen LogP contribution >= 0.6 is 11.3 Å². The van der Waals surface area contributed by atoms with Gasteiger partial charge in [0.2, 0.25) is 11.8 Å². The van der Waals surface area contributed by atoms with E-state index in [2.05, 4.69) is 12.2 Å². The number of nitrogens with one attached hydrogen (secondary N) is 1. The molecule has 1 saturated heterocycles. The first-order valence-electron chi connectivity index (χ1n) is 9.76. The highest BCUT2D eigenvalue weighted by molar-refractivity contribution is 7.18. The molecule has 1 aliphatic heterocycles. The first-order valence-corrected chi connectivity index (χ1v) is 10.6. The largest absolute Gasteiger partial charge is 0.462 e. The number of likely N-dealkylation sites (tertiary alicyclic amines) is 1. The van der Waals surface area contributed by atoms with Crippen molar-refractivity contribution in [2.75, 3.05) is 18.5 Å². The van der Waals surface area contributed by atoms with E-state index < -0.39 is 0 Å². The smallest absolute Gasteiger partial charge is 0.348 e. The van der Waals surface area contributed by atoms with Gasteiger partial charge in [0.15, 0.2) is 0 Å². The number of ether oxygens (including phenoxy) is 1. The van der Waals surface area contributed by atoms with Crippen molar-refractivity contribution < 1.29 is 19.1 Å². The second-order valence-electron chi connectivity index (χ2n) is 7.69. The summed E-state index contributed by atoms with van der Waals surface area (Å²) in [5, 5.41) is 3.51. The minimum Gasteiger partial charge on any atom is -0.462 e. The molecule has 7 heteroatoms. The highest BCUT2D eigenvalue weighted by Gasteiger charge is 2.38. The molecule has 2 heterocycles. The van der Waals surface area contributed by atoms with Crippen molar-refractivity contribution in [3.63, 3.8) is 0 Å². The van der Waals surface area contributed by atoms with E-state index in [0.717, 1.165) is 37.2 Å². The summed E-state index contributed by atoms with van der Waals surface area (Å²) in [5.74, 6) is -0.0239. The van der Waals surface area contributed by atoms with Gasteiger partial charge in [-0.05, 0) is 57.1 Å². The molecule has 1 aromatic rings. The predicted molar refractivity (Wildman–Crippen MR) is 105 cm³/mol. The standard InChI is InChI=1S/C20H28N2O4S/c1-4-26-20(25)18-13(3)9-16(27-18)21-19(24)14-10-17(23)22(11-14)15-7-5-12(2)6-8-15/h9,12,14-15H,4-8,10-11H2,1-3H3,(H,21,24). The molecule has 6 nitrogen and oxygen atoms in total. The van der Waals surface area contributed by atoms with Gasteiger partial charge in [0.1, 0.15) is 4.88 Å². The second-order valence-corrected chi connectivity index (χ2v) is 8.75. The summed E-state index contributed by atoms with van der Waals surface area (Å²) >= 11 is 1.22. The third-order valence-corrected chi connectivity index (χ3v) is 6.71. The van der Waals surface area contributed by atoms with E-state index in [9.17, 15) is 14.4 Å². The molecule has 2 amide bonds. The van der Waals surface area contributed by atoms with E-state index >= 15 is 0 Å². The van der Waals surface area contributed by atoms with Gasteiger partial charge in [0, 0.05) is 19.0 Å². The summed E-state index contributed by atoms with van der Waals surface area (Å²) in [7, 11) is 0. The van der Waals surface area contributed by atoms with Crippen LogP contribution in [0.1, 0.15) is 61.2 Å². The lowest BCUT2D eigenvalue weighted by molar-refractivity contribution is -0.130. The Morgan fingerprint density at radius 3 is 2.67 bits per heavy atom. The molecule has 1 saturated carbocycles. The molecule has 27 heavy (non-hydrogen) atoms. The van der Waals surface area contributed by atoms with Crippen LogP contribution in [0.2, 0.25) is 0 Å². The number of rotatable bonds is 5. The second kappa shape index (κ2) is 8.42. The number of hydrogen-bond acceptors (Lipinski definition) is 5. The first kappa shape index (κ1) is 19.9. The van der Waals surface area contributed by atoms with Gasteiger partial charge < -0.3 is 15.0 Å². The van der Waals surface area contributed by atoms with Crippen molar-refractivity contribution in [2.45, 2.75) is 58.9 Å². The van der Waals surface area contributed by atoms with Crippen molar-refractivity contribution >= 4 is 34.1 Å². The average molecular weight is 393 g/mol. The number of amides is 2. The van der Waals surface area contributed by atoms with Gasteiger partial charge in [-0.25, -0.2) is 4.79 Å². The molecule has 1 aliphatic carbocycles. The van der Waals surface area contributed by atoms with Crippen molar-refractivity contribution in [3.8, 4) is 0 Å². The fourth-order valence-corrected chi connectivity index (χ4v) is 4.95. The number of hydrogen-bond donors (Lipinski definition) is 1. The third kappa shape index (κ3) is 4.51. The number of nitrogens with zero attached hydrogens (tertiary/aromatic N) is 1. The number of anilines is 1. The molecular weight excluding hydrogens is 364 g/mol. The lowest BCUT2D eigenvalue weighted by Crippen LogP contribution is -2.39. The lowest BCUT2D eigenvalue weighted by Gasteiger charge is -2.33. The molecule has 148 valence electrons. The van der Waals surface area contributed by atoms with Crippen LogP contribution in [-0.4, -0.2) is 41.9 Å². The number of carbonyl (C=O) groups excluding carboxylic acids is 3. The molecule has 1 N–H and O–H groups in total. The van der Waals surface area contributed by atoms with Crippen LogP contribution in [0.15, 0.2) is 6.07 Å². The Balaban J connectivity index is 1.60. The van der Waals surface area contributed by atoms with E-state index in [0.29, 0.717) is 23.0 Å². The van der Waals surface area contributed by atoms with E-state index in [1.54, 1.807) is 13.0 Å². The van der Waals surface area contributed by atoms with Gasteiger partial charge in [-0.15, -0.1) is 11.3 Å². The number of aryl methyl sites for hydroxylation is 1. The summed E-state index contributed by atoms with van der Waals surface area (Å²) < 4.78 is 5.04. The zero-order valence-electron chi connectivity index (χ0n) is 16.2. The molecule has 1 aromatic heterocycles. The molecule has 1 atom stereocenters. The van der Waals surface area contributed by atoms with Gasteiger partial charge in [-0.3, -0.25) is 9.59 Å². The maximum absolute atomic E-state index is 12.7. The van der Waals surface area contributed by atoms with Crippen LogP contribution in [0.25, 0.3) is 0 Å². The monoisotopic (exact) mass is 392 g/mol. The topological polar surface area (TPSA) is 75.7 Å². The Kier molecular flexibility index (Phi) is 6.19. The Hall–Kier alpha value is -1.89. The van der Waals surface area contributed by atoms with Crippen LogP contribution in [0, 0.1) is 18.8 Å². The highest BCUT2D eigenvalue weighted by Crippen LogP contribution is 2.32. The predicted octanol–water partition coefficient (Wildman–Crippen LogP) is 3.60. The van der Waals surface area contributed by atoms with Crippen molar-refractivity contribution in [2.24, 2.45) is 11.8 Å². The molecule has 2 aliphatic rings. The van der Waals surface area contributed by atoms with Crippen molar-refractivity contribution in [3.05, 3.63) is 16.5 Å². The number of carbonyl (C=O) groups is 3. The van der Waals surface area contributed by atoms with E-state index in [-0.39, 0.29) is 36.2 Å². The van der Waals surface area contributed by atoms with Gasteiger partial charge in [0.25, 0.3) is 0 Å². The van der Waals surface area contributed by atoms with Gasteiger partial charge in [0.05, 0.1) is 17.5 Å². The Labute approximate surface area is 164 Å². The zero-order valence-corrected chi connectivity index (χ0v) is 17.1. The average Bonchev–Trinajstić information content (AvgIpc) is 3.19. The summed E-state index contributed by atoms with van der Waals surface area (Å²) in [6, 6.07) is 2.07. The quantitative estimate of drug-likeness (QED) is 0.777. The molecule has 0 bridgehead atoms. The summed E-state index contributed by atoms with van der Waals surface area (Å²) in [4.78, 5) is 39.4. The molecule has 0 radical (unpaired) electrons. The van der Waals surface area contributed by atoms with Gasteiger partial charge in [-0.1, -0.05) is 6.92 Å². The van der Waals surface area contributed by atoms with Crippen LogP contribution < -0.4 is 5.32 Å². The SMILES string of the molecule is CCOC(=O)c1sc(NC(=O)C2CC(=O)N(C3CCC(C)CC3)C2)cc1C. The van der Waals surface area contributed by atoms with Crippen molar-refractivity contribution in [1.29, 1.82) is 0 Å². The van der Waals surface area contributed by atoms with Crippen LogP contribution in [0.4, 0.5) is 5.00 Å². The van der Waals surface area contributed by atoms with Gasteiger partial charge >= 0.3 is 5.97 Å². The molecule has 0 spiro atoms. The fourth-order valence-electron chi connectivity index (χ4n) is 3.98. The molecular formula is C20H28N2O4S. The van der Waals surface area contributed by atoms with Gasteiger partial charge in [-0.2, -0.15) is 0 Å². The Morgan fingerprint density at radius 1 is 1.30 bits per heavy atom. The summed E-state index contributed by atoms with van der Waals surface area (Å²) in [5.41, 5.74) is 0.786. The number of thiophene rings is 1.